The summed E-state index contributed by atoms with van der Waals surface area (Å²) >= 11 is 2.30. The highest BCUT2D eigenvalue weighted by molar-refractivity contribution is 8.00. The van der Waals surface area contributed by atoms with Gasteiger partial charge >= 0.3 is 11.9 Å². The van der Waals surface area contributed by atoms with Crippen molar-refractivity contribution in [1.29, 1.82) is 0 Å². The summed E-state index contributed by atoms with van der Waals surface area (Å²) in [7, 11) is 3.12. The number of halogens is 3. The molecule has 2 saturated heterocycles. The number of esters is 1. The fraction of sp³-hybridized carbons (Fsp3) is 0.260. The number of carboxylic acids is 1. The van der Waals surface area contributed by atoms with Gasteiger partial charge in [0.25, 0.3) is 11.8 Å². The zero-order valence-electron chi connectivity index (χ0n) is 38.1. The van der Waals surface area contributed by atoms with Crippen LogP contribution in [0.3, 0.4) is 0 Å². The number of ether oxygens (including phenoxy) is 1. The highest BCUT2D eigenvalue weighted by atomic mass is 32.2. The topological polar surface area (TPSA) is 188 Å². The summed E-state index contributed by atoms with van der Waals surface area (Å²) < 4.78 is 52.0. The van der Waals surface area contributed by atoms with Gasteiger partial charge in [-0.1, -0.05) is 96.2 Å². The highest BCUT2D eigenvalue weighted by Crippen LogP contribution is 2.42. The van der Waals surface area contributed by atoms with Crippen LogP contribution in [0, 0.1) is 11.6 Å². The lowest BCUT2D eigenvalue weighted by Gasteiger charge is -2.49. The molecule has 21 heteroatoms. The fourth-order valence-electron chi connectivity index (χ4n) is 9.12. The van der Waals surface area contributed by atoms with Crippen molar-refractivity contribution in [2.45, 2.75) is 23.5 Å². The molecule has 3 N–H and O–H groups in total. The molecule has 9 rings (SSSR count). The van der Waals surface area contributed by atoms with Gasteiger partial charge in [0.1, 0.15) is 65.8 Å². The Morgan fingerprint density at radius 1 is 0.930 bits per heavy atom. The number of carbonyl (C=O) groups excluding carboxylic acids is 3. The Morgan fingerprint density at radius 3 is 2.13 bits per heavy atom. The van der Waals surface area contributed by atoms with Crippen LogP contribution in [0.4, 0.5) is 24.0 Å². The molecule has 0 bridgehead atoms. The van der Waals surface area contributed by atoms with Gasteiger partial charge in [0.05, 0.1) is 17.4 Å². The Labute approximate surface area is 412 Å². The third kappa shape index (κ3) is 9.11. The number of rotatable bonds is 16. The van der Waals surface area contributed by atoms with Crippen LogP contribution in [0.5, 0.6) is 0 Å². The number of nitrogens with one attached hydrogen (secondary N) is 2. The maximum atomic E-state index is 16.1. The number of fused-ring (bicyclic) bond motifs is 2. The van der Waals surface area contributed by atoms with Crippen molar-refractivity contribution in [3.05, 3.63) is 170 Å². The number of thiazole rings is 1. The third-order valence-corrected chi connectivity index (χ3v) is 14.7. The standard InChI is InChI=1S/C50H45F3N8O8S2/c1-58-20-22-59(23-21-58)42-35(52)24-33-41(37(42)53)60(19-18-51)25-34(43(33)62)48(67)69-26-29-27-70-46-39(45(64)61(46)40(29)47(65)66)55-44(63)38(57-68-2)36-28-71-49(54-36)56-50(30-12-6-3-7-13-30,31-14-8-4-9-15-31)32-16-10-5-11-17-32/h3-17,24-25,28,39,46H,18-23,26-27H2,1-2H3,(H,54,56)(H,55,63)(H,65,66)/b57-38-/t39-,46-/m1/s1. The number of alkyl halides is 1. The Hall–Kier alpha value is -7.49. The summed E-state index contributed by atoms with van der Waals surface area (Å²) in [5.41, 5.74) is -1.30. The molecule has 16 nitrogen and oxygen atoms in total. The van der Waals surface area contributed by atoms with E-state index in [4.69, 9.17) is 14.6 Å². The van der Waals surface area contributed by atoms with Gasteiger partial charge < -0.3 is 39.7 Å². The van der Waals surface area contributed by atoms with E-state index in [0.29, 0.717) is 31.3 Å². The Bertz CT molecular complexity index is 3050. The number of oxime groups is 1. The van der Waals surface area contributed by atoms with Gasteiger partial charge in [0, 0.05) is 49.1 Å². The normalized spacial score (nSPS) is 17.4. The quantitative estimate of drug-likeness (QED) is 0.0347. The van der Waals surface area contributed by atoms with E-state index in [1.54, 1.807) is 5.38 Å². The number of likely N-dealkylation sites (N-methyl/N-ethyl adjacent to an activating group) is 1. The van der Waals surface area contributed by atoms with E-state index in [1.807, 2.05) is 103 Å². The molecule has 2 atom stereocenters. The first-order valence-electron chi connectivity index (χ1n) is 22.3. The molecule has 5 heterocycles. The van der Waals surface area contributed by atoms with Crippen molar-refractivity contribution >= 4 is 74.3 Å². The number of nitrogens with zero attached hydrogens (tertiary/aromatic N) is 6. The van der Waals surface area contributed by atoms with Crippen molar-refractivity contribution in [3.63, 3.8) is 0 Å². The molecule has 2 fully saturated rings. The second-order valence-electron chi connectivity index (χ2n) is 16.8. The van der Waals surface area contributed by atoms with E-state index >= 15 is 8.78 Å². The first kappa shape index (κ1) is 48.5. The highest BCUT2D eigenvalue weighted by Gasteiger charge is 2.54. The minimum atomic E-state index is -1.53. The lowest BCUT2D eigenvalue weighted by atomic mass is 9.77. The van der Waals surface area contributed by atoms with Crippen molar-refractivity contribution in [3.8, 4) is 0 Å². The number of carbonyl (C=O) groups is 4. The molecular formula is C50H45F3N8O8S2. The number of aryl methyl sites for hydroxylation is 1. The number of piperazine rings is 1. The minimum Gasteiger partial charge on any atom is -0.477 e. The minimum absolute atomic E-state index is 0.00859. The zero-order valence-corrected chi connectivity index (χ0v) is 39.8. The number of hydrogen-bond acceptors (Lipinski definition) is 14. The third-order valence-electron chi connectivity index (χ3n) is 12.6. The lowest BCUT2D eigenvalue weighted by Crippen LogP contribution is -2.71. The first-order chi connectivity index (χ1) is 34.4. The van der Waals surface area contributed by atoms with E-state index in [0.717, 1.165) is 50.2 Å². The molecule has 2 amide bonds. The molecule has 0 aliphatic carbocycles. The molecular weight excluding hydrogens is 962 g/mol. The van der Waals surface area contributed by atoms with Gasteiger partial charge in [-0.25, -0.2) is 27.7 Å². The number of thioether (sulfide) groups is 1. The van der Waals surface area contributed by atoms with Gasteiger partial charge in [0.15, 0.2) is 16.7 Å². The molecule has 3 aliphatic heterocycles. The maximum absolute atomic E-state index is 16.1. The summed E-state index contributed by atoms with van der Waals surface area (Å²) in [6, 6.07) is 29.1. The number of β-lactam (4-membered cyclic amide) rings is 1. The number of anilines is 2. The molecule has 0 unspecified atom stereocenters. The molecule has 0 radical (unpaired) electrons. The van der Waals surface area contributed by atoms with Crippen LogP contribution in [-0.4, -0.2) is 125 Å². The average Bonchev–Trinajstić information content (AvgIpc) is 3.85. The van der Waals surface area contributed by atoms with Crippen LogP contribution in [0.15, 0.2) is 130 Å². The summed E-state index contributed by atoms with van der Waals surface area (Å²) in [4.78, 5) is 82.0. The second-order valence-corrected chi connectivity index (χ2v) is 18.8. The number of pyridine rings is 1. The molecule has 71 heavy (non-hydrogen) atoms. The predicted octanol–water partition coefficient (Wildman–Crippen LogP) is 5.81. The van der Waals surface area contributed by atoms with Crippen LogP contribution < -0.4 is 21.0 Å². The van der Waals surface area contributed by atoms with Gasteiger partial charge in [0.2, 0.25) is 5.43 Å². The van der Waals surface area contributed by atoms with E-state index in [1.165, 1.54) is 23.3 Å². The summed E-state index contributed by atoms with van der Waals surface area (Å²) in [6.07, 6.45) is 0.934. The van der Waals surface area contributed by atoms with Crippen molar-refractivity contribution in [1.82, 2.24) is 24.7 Å². The fourth-order valence-corrected chi connectivity index (χ4v) is 11.2. The molecule has 366 valence electrons. The van der Waals surface area contributed by atoms with Gasteiger partial charge in [-0.15, -0.1) is 23.1 Å². The zero-order chi connectivity index (χ0) is 50.0. The SMILES string of the molecule is CO/N=C(\C(=O)N[C@@H]1C(=O)N2C(C(=O)O)=C(COC(=O)c3cn(CCF)c4c(F)c(N5CCN(C)CC5)c(F)cc4c3=O)CS[C@H]12)c1csc(NC(c2ccccc2)(c2ccccc2)c2ccccc2)n1. The van der Waals surface area contributed by atoms with E-state index < -0.39 is 94.2 Å². The Morgan fingerprint density at radius 2 is 1.55 bits per heavy atom. The summed E-state index contributed by atoms with van der Waals surface area (Å²) in [5.74, 6) is -6.60. The molecule has 0 saturated carbocycles. The number of carboxylic acid groups (broad SMARTS) is 1. The van der Waals surface area contributed by atoms with Gasteiger partial charge in [-0.3, -0.25) is 19.3 Å². The van der Waals surface area contributed by atoms with Gasteiger partial charge in [-0.05, 0) is 29.8 Å². The maximum Gasteiger partial charge on any atom is 0.352 e. The number of benzene rings is 4. The van der Waals surface area contributed by atoms with E-state index in [9.17, 15) is 33.5 Å². The Kier molecular flexibility index (Phi) is 14.0. The average molecular weight is 1010 g/mol. The first-order valence-corrected chi connectivity index (χ1v) is 24.2. The lowest BCUT2D eigenvalue weighted by molar-refractivity contribution is -0.150. The largest absolute Gasteiger partial charge is 0.477 e. The molecule has 0 spiro atoms. The van der Waals surface area contributed by atoms with Crippen LogP contribution in [0.2, 0.25) is 0 Å². The number of amides is 2. The van der Waals surface area contributed by atoms with Crippen molar-refractivity contribution < 1.29 is 47.0 Å². The number of aliphatic carboxylic acids is 1. The summed E-state index contributed by atoms with van der Waals surface area (Å²) in [5, 5.41) is 21.3. The summed E-state index contributed by atoms with van der Waals surface area (Å²) in [6.45, 7) is -0.529. The second kappa shape index (κ2) is 20.5. The van der Waals surface area contributed by atoms with Crippen molar-refractivity contribution in [2.24, 2.45) is 5.16 Å². The van der Waals surface area contributed by atoms with Crippen molar-refractivity contribution in [2.75, 3.05) is 69.6 Å². The Balaban J connectivity index is 0.921. The molecule has 6 aromatic rings. The molecule has 4 aromatic carbocycles. The number of aromatic nitrogens is 2. The monoisotopic (exact) mass is 1010 g/mol. The molecule has 2 aromatic heterocycles. The van der Waals surface area contributed by atoms with Crippen LogP contribution in [0.1, 0.15) is 32.7 Å². The van der Waals surface area contributed by atoms with E-state index in [2.05, 4.69) is 15.8 Å². The van der Waals surface area contributed by atoms with Crippen LogP contribution >= 0.6 is 23.1 Å². The smallest absolute Gasteiger partial charge is 0.352 e. The number of hydrogen-bond donors (Lipinski definition) is 3. The van der Waals surface area contributed by atoms with Crippen LogP contribution in [-0.2, 0) is 36.0 Å². The molecule has 3 aliphatic rings. The predicted molar refractivity (Wildman–Crippen MR) is 262 cm³/mol. The van der Waals surface area contributed by atoms with Crippen LogP contribution in [0.25, 0.3) is 10.9 Å². The van der Waals surface area contributed by atoms with E-state index in [-0.39, 0.29) is 33.9 Å². The van der Waals surface area contributed by atoms with Gasteiger partial charge in [-0.2, -0.15) is 0 Å².